The Hall–Kier alpha value is -1.40. The number of carbonyl (C=O) groups excluding carboxylic acids is 1. The molecule has 3 heterocycles. The normalized spacial score (nSPS) is 19.8. The second kappa shape index (κ2) is 4.61. The van der Waals surface area contributed by atoms with Crippen LogP contribution in [0.5, 0.6) is 0 Å². The van der Waals surface area contributed by atoms with Gasteiger partial charge in [-0.25, -0.2) is 4.98 Å². The van der Waals surface area contributed by atoms with Crippen molar-refractivity contribution in [3.63, 3.8) is 0 Å². The van der Waals surface area contributed by atoms with Crippen molar-refractivity contribution in [3.05, 3.63) is 22.5 Å². The van der Waals surface area contributed by atoms with E-state index >= 15 is 0 Å². The van der Waals surface area contributed by atoms with Crippen LogP contribution in [0, 0.1) is 13.8 Å². The molecule has 19 heavy (non-hydrogen) atoms. The van der Waals surface area contributed by atoms with Crippen LogP contribution >= 0.6 is 11.3 Å². The highest BCUT2D eigenvalue weighted by Crippen LogP contribution is 2.20. The van der Waals surface area contributed by atoms with E-state index in [1.54, 1.807) is 16.2 Å². The van der Waals surface area contributed by atoms with Crippen molar-refractivity contribution in [2.75, 3.05) is 13.6 Å². The van der Waals surface area contributed by atoms with Crippen molar-refractivity contribution in [1.29, 1.82) is 0 Å². The van der Waals surface area contributed by atoms with Crippen molar-refractivity contribution < 1.29 is 4.79 Å². The second-order valence-electron chi connectivity index (χ2n) is 5.12. The lowest BCUT2D eigenvalue weighted by molar-refractivity contribution is -0.128. The molecule has 0 spiro atoms. The Morgan fingerprint density at radius 1 is 1.53 bits per heavy atom. The Morgan fingerprint density at radius 3 is 3.00 bits per heavy atom. The first kappa shape index (κ1) is 12.6. The van der Waals surface area contributed by atoms with Gasteiger partial charge < -0.3 is 10.2 Å². The number of nitrogens with zero attached hydrogens (tertiary/aromatic N) is 3. The van der Waals surface area contributed by atoms with Crippen LogP contribution in [0.3, 0.4) is 0 Å². The third kappa shape index (κ3) is 2.04. The number of hydrogen-bond acceptors (Lipinski definition) is 4. The summed E-state index contributed by atoms with van der Waals surface area (Å²) in [4.78, 5) is 19.2. The van der Waals surface area contributed by atoms with Crippen LogP contribution in [-0.2, 0) is 11.3 Å². The number of aryl methyl sites for hydroxylation is 2. The highest BCUT2D eigenvalue weighted by Gasteiger charge is 2.28. The van der Waals surface area contributed by atoms with Crippen LogP contribution in [-0.4, -0.2) is 39.8 Å². The summed E-state index contributed by atoms with van der Waals surface area (Å²) in [5, 5.41) is 5.48. The Labute approximate surface area is 116 Å². The van der Waals surface area contributed by atoms with Crippen LogP contribution < -0.4 is 5.32 Å². The molecule has 1 aliphatic heterocycles. The van der Waals surface area contributed by atoms with E-state index in [-0.39, 0.29) is 11.9 Å². The minimum absolute atomic E-state index is 0.0473. The van der Waals surface area contributed by atoms with Crippen LogP contribution in [0.1, 0.15) is 23.5 Å². The van der Waals surface area contributed by atoms with E-state index in [9.17, 15) is 4.79 Å². The highest BCUT2D eigenvalue weighted by molar-refractivity contribution is 7.15. The summed E-state index contributed by atoms with van der Waals surface area (Å²) >= 11 is 1.66. The van der Waals surface area contributed by atoms with Crippen molar-refractivity contribution in [2.45, 2.75) is 32.9 Å². The lowest BCUT2D eigenvalue weighted by Crippen LogP contribution is -2.36. The number of carbonyl (C=O) groups is 1. The molecule has 102 valence electrons. The van der Waals surface area contributed by atoms with Crippen molar-refractivity contribution in [3.8, 4) is 0 Å². The van der Waals surface area contributed by atoms with Gasteiger partial charge in [0.25, 0.3) is 0 Å². The zero-order chi connectivity index (χ0) is 13.6. The van der Waals surface area contributed by atoms with Crippen LogP contribution in [0.4, 0.5) is 0 Å². The summed E-state index contributed by atoms with van der Waals surface area (Å²) < 4.78 is 2.18. The Morgan fingerprint density at radius 2 is 2.32 bits per heavy atom. The van der Waals surface area contributed by atoms with E-state index in [0.717, 1.165) is 29.3 Å². The standard InChI is InChI=1S/C13H18N4OS/c1-8-7-19-13-15-9(2)11(17(8)13)6-14-10-4-5-16(3)12(10)18/h7,10,14H,4-6H2,1-3H3. The van der Waals surface area contributed by atoms with Gasteiger partial charge in [-0.2, -0.15) is 0 Å². The molecule has 0 saturated carbocycles. The van der Waals surface area contributed by atoms with E-state index in [4.69, 9.17) is 0 Å². The van der Waals surface area contributed by atoms with E-state index in [1.165, 1.54) is 5.69 Å². The fraction of sp³-hybridized carbons (Fsp3) is 0.538. The number of amides is 1. The third-order valence-corrected chi connectivity index (χ3v) is 4.72. The molecule has 1 unspecified atom stereocenters. The molecule has 0 aliphatic carbocycles. The fourth-order valence-electron chi connectivity index (χ4n) is 2.61. The summed E-state index contributed by atoms with van der Waals surface area (Å²) in [6, 6.07) is -0.0473. The SMILES string of the molecule is Cc1nc2scc(C)n2c1CNC1CCN(C)C1=O. The molecule has 0 aromatic carbocycles. The number of likely N-dealkylation sites (tertiary alicyclic amines) is 1. The summed E-state index contributed by atoms with van der Waals surface area (Å²) in [7, 11) is 1.86. The van der Waals surface area contributed by atoms with Crippen LogP contribution in [0.2, 0.25) is 0 Å². The lowest BCUT2D eigenvalue weighted by atomic mass is 10.2. The van der Waals surface area contributed by atoms with Crippen molar-refractivity contribution in [1.82, 2.24) is 19.6 Å². The number of imidazole rings is 1. The second-order valence-corrected chi connectivity index (χ2v) is 5.96. The molecular formula is C13H18N4OS. The first-order valence-electron chi connectivity index (χ1n) is 6.48. The largest absolute Gasteiger partial charge is 0.344 e. The van der Waals surface area contributed by atoms with Gasteiger partial charge in [0.2, 0.25) is 5.91 Å². The Balaban J connectivity index is 1.80. The fourth-order valence-corrected chi connectivity index (χ4v) is 3.54. The molecule has 3 rings (SSSR count). The predicted octanol–water partition coefficient (Wildman–Crippen LogP) is 1.33. The molecule has 0 bridgehead atoms. The molecule has 6 heteroatoms. The quantitative estimate of drug-likeness (QED) is 0.921. The number of likely N-dealkylation sites (N-methyl/N-ethyl adjacent to an activating group) is 1. The van der Waals surface area contributed by atoms with Gasteiger partial charge in [0, 0.05) is 31.2 Å². The summed E-state index contributed by atoms with van der Waals surface area (Å²) in [6.45, 7) is 5.64. The molecule has 1 fully saturated rings. The molecule has 1 aliphatic rings. The molecule has 1 amide bonds. The minimum Gasteiger partial charge on any atom is -0.344 e. The average Bonchev–Trinajstić information content (AvgIpc) is 2.98. The number of fused-ring (bicyclic) bond motifs is 1. The molecule has 5 nitrogen and oxygen atoms in total. The van der Waals surface area contributed by atoms with Crippen molar-refractivity contribution in [2.24, 2.45) is 0 Å². The van der Waals surface area contributed by atoms with Gasteiger partial charge in [-0.05, 0) is 20.3 Å². The Kier molecular flexibility index (Phi) is 3.06. The minimum atomic E-state index is -0.0473. The summed E-state index contributed by atoms with van der Waals surface area (Å²) in [5.41, 5.74) is 3.41. The zero-order valence-electron chi connectivity index (χ0n) is 11.4. The van der Waals surface area contributed by atoms with Crippen LogP contribution in [0.25, 0.3) is 4.96 Å². The average molecular weight is 278 g/mol. The predicted molar refractivity (Wildman–Crippen MR) is 75.4 cm³/mol. The number of thiazole rings is 1. The Bertz CT molecular complexity index is 630. The molecule has 2 aromatic heterocycles. The lowest BCUT2D eigenvalue weighted by Gasteiger charge is -2.12. The van der Waals surface area contributed by atoms with Gasteiger partial charge in [-0.1, -0.05) is 0 Å². The molecule has 2 aromatic rings. The molecule has 0 radical (unpaired) electrons. The third-order valence-electron chi connectivity index (χ3n) is 3.77. The van der Waals surface area contributed by atoms with Crippen LogP contribution in [0.15, 0.2) is 5.38 Å². The number of aromatic nitrogens is 2. The van der Waals surface area contributed by atoms with Gasteiger partial charge in [0.1, 0.15) is 0 Å². The van der Waals surface area contributed by atoms with Crippen molar-refractivity contribution >= 4 is 22.2 Å². The maximum atomic E-state index is 11.9. The monoisotopic (exact) mass is 278 g/mol. The number of nitrogens with one attached hydrogen (secondary N) is 1. The van der Waals surface area contributed by atoms with E-state index in [1.807, 2.05) is 14.0 Å². The molecule has 1 saturated heterocycles. The van der Waals surface area contributed by atoms with Gasteiger partial charge in [-0.3, -0.25) is 9.20 Å². The van der Waals surface area contributed by atoms with E-state index < -0.39 is 0 Å². The maximum Gasteiger partial charge on any atom is 0.239 e. The van der Waals surface area contributed by atoms with Gasteiger partial charge in [0.05, 0.1) is 17.4 Å². The van der Waals surface area contributed by atoms with Gasteiger partial charge >= 0.3 is 0 Å². The highest BCUT2D eigenvalue weighted by atomic mass is 32.1. The number of hydrogen-bond donors (Lipinski definition) is 1. The first-order chi connectivity index (χ1) is 9.08. The topological polar surface area (TPSA) is 49.6 Å². The first-order valence-corrected chi connectivity index (χ1v) is 7.36. The van der Waals surface area contributed by atoms with E-state index in [0.29, 0.717) is 6.54 Å². The smallest absolute Gasteiger partial charge is 0.239 e. The molecule has 1 atom stereocenters. The zero-order valence-corrected chi connectivity index (χ0v) is 12.3. The molecular weight excluding hydrogens is 260 g/mol. The molecule has 1 N–H and O–H groups in total. The summed E-state index contributed by atoms with van der Waals surface area (Å²) in [6.07, 6.45) is 0.888. The van der Waals surface area contributed by atoms with Gasteiger partial charge in [-0.15, -0.1) is 11.3 Å². The van der Waals surface area contributed by atoms with E-state index in [2.05, 4.69) is 27.0 Å². The number of rotatable bonds is 3. The maximum absolute atomic E-state index is 11.9. The summed E-state index contributed by atoms with van der Waals surface area (Å²) in [5.74, 6) is 0.195. The van der Waals surface area contributed by atoms with Gasteiger partial charge in [0.15, 0.2) is 4.96 Å².